The molecule has 1 aliphatic rings. The fourth-order valence-corrected chi connectivity index (χ4v) is 4.52. The molecule has 34 heavy (non-hydrogen) atoms. The maximum atomic E-state index is 11.5. The quantitative estimate of drug-likeness (QED) is 0.427. The number of piperazine rings is 1. The Morgan fingerprint density at radius 1 is 0.971 bits per heavy atom. The summed E-state index contributed by atoms with van der Waals surface area (Å²) >= 11 is 0. The number of rotatable bonds is 7. The fraction of sp³-hybridized carbons (Fsp3) is 0.296. The van der Waals surface area contributed by atoms with Crippen LogP contribution < -0.4 is 15.2 Å². The predicted molar refractivity (Wildman–Crippen MR) is 134 cm³/mol. The van der Waals surface area contributed by atoms with Gasteiger partial charge in [-0.3, -0.25) is 9.69 Å². The highest BCUT2D eigenvalue weighted by molar-refractivity contribution is 5.95. The van der Waals surface area contributed by atoms with Crippen LogP contribution in [0.4, 0.5) is 5.69 Å². The van der Waals surface area contributed by atoms with E-state index in [1.807, 2.05) is 30.3 Å². The van der Waals surface area contributed by atoms with Gasteiger partial charge in [-0.1, -0.05) is 18.2 Å². The highest BCUT2D eigenvalue weighted by atomic mass is 16.5. The van der Waals surface area contributed by atoms with Crippen molar-refractivity contribution in [1.82, 2.24) is 14.9 Å². The van der Waals surface area contributed by atoms with Crippen LogP contribution in [0.25, 0.3) is 21.8 Å². The van der Waals surface area contributed by atoms with Gasteiger partial charge in [0.15, 0.2) is 0 Å². The van der Waals surface area contributed by atoms with Gasteiger partial charge in [0.25, 0.3) is 0 Å². The van der Waals surface area contributed by atoms with Gasteiger partial charge in [-0.2, -0.15) is 10.2 Å². The summed E-state index contributed by atoms with van der Waals surface area (Å²) in [6, 6.07) is 21.5. The summed E-state index contributed by atoms with van der Waals surface area (Å²) < 4.78 is 5.80. The number of pyridine rings is 2. The summed E-state index contributed by atoms with van der Waals surface area (Å²) in [5.41, 5.74) is 2.31. The lowest BCUT2D eigenvalue weighted by molar-refractivity contribution is 0.237. The molecule has 0 bridgehead atoms. The van der Waals surface area contributed by atoms with Crippen LogP contribution in [0, 0.1) is 11.3 Å². The first-order valence-corrected chi connectivity index (χ1v) is 11.7. The third-order valence-corrected chi connectivity index (χ3v) is 6.38. The zero-order chi connectivity index (χ0) is 23.3. The van der Waals surface area contributed by atoms with E-state index in [0.717, 1.165) is 56.3 Å². The molecule has 1 fully saturated rings. The normalized spacial score (nSPS) is 14.4. The number of nitrogens with one attached hydrogen (secondary N) is 1. The Balaban J connectivity index is 1.09. The van der Waals surface area contributed by atoms with Gasteiger partial charge in [0.1, 0.15) is 5.65 Å². The Bertz CT molecular complexity index is 1400. The lowest BCUT2D eigenvalue weighted by Gasteiger charge is -2.36. The Labute approximate surface area is 198 Å². The van der Waals surface area contributed by atoms with Crippen molar-refractivity contribution in [1.29, 1.82) is 5.26 Å². The summed E-state index contributed by atoms with van der Waals surface area (Å²) in [5, 5.41) is 12.5. The van der Waals surface area contributed by atoms with Crippen LogP contribution in [0.5, 0.6) is 5.88 Å². The highest BCUT2D eigenvalue weighted by Crippen LogP contribution is 2.28. The number of ether oxygens (including phenoxy) is 1. The second kappa shape index (κ2) is 9.94. The second-order valence-corrected chi connectivity index (χ2v) is 8.62. The molecule has 0 atom stereocenters. The molecule has 7 nitrogen and oxygen atoms in total. The number of H-pyrrole nitrogens is 1. The Morgan fingerprint density at radius 3 is 2.65 bits per heavy atom. The number of benzene rings is 2. The minimum absolute atomic E-state index is 0.162. The largest absolute Gasteiger partial charge is 0.478 e. The molecule has 0 aliphatic carbocycles. The van der Waals surface area contributed by atoms with Crippen LogP contribution in [0.15, 0.2) is 65.5 Å². The number of aromatic nitrogens is 2. The van der Waals surface area contributed by atoms with Crippen molar-refractivity contribution < 1.29 is 4.74 Å². The van der Waals surface area contributed by atoms with Crippen molar-refractivity contribution in [3.63, 3.8) is 0 Å². The van der Waals surface area contributed by atoms with Gasteiger partial charge in [0.2, 0.25) is 11.4 Å². The number of unbranched alkanes of at least 4 members (excludes halogenated alkanes) is 1. The molecule has 0 saturated carbocycles. The van der Waals surface area contributed by atoms with Crippen LogP contribution in [0.3, 0.4) is 0 Å². The predicted octanol–water partition coefficient (Wildman–Crippen LogP) is 3.93. The van der Waals surface area contributed by atoms with Gasteiger partial charge in [-0.25, -0.2) is 0 Å². The average molecular weight is 454 g/mol. The first-order valence-electron chi connectivity index (χ1n) is 11.7. The molecule has 2 aromatic carbocycles. The molecule has 0 unspecified atom stereocenters. The molecular weight excluding hydrogens is 426 g/mol. The summed E-state index contributed by atoms with van der Waals surface area (Å²) in [4.78, 5) is 23.5. The fourth-order valence-electron chi connectivity index (χ4n) is 4.52. The molecule has 0 amide bonds. The van der Waals surface area contributed by atoms with Crippen LogP contribution >= 0.6 is 0 Å². The third kappa shape index (κ3) is 4.87. The SMILES string of the molecule is N#Cc1ccc2cccc(N3CCN(CCCCOc4ccc5ccc(=O)[nH]c5n4)CC3)c2c1. The van der Waals surface area contributed by atoms with Crippen LogP contribution in [-0.2, 0) is 0 Å². The highest BCUT2D eigenvalue weighted by Gasteiger charge is 2.18. The van der Waals surface area contributed by atoms with Crippen molar-refractivity contribution in [2.45, 2.75) is 12.8 Å². The van der Waals surface area contributed by atoms with Crippen molar-refractivity contribution in [2.75, 3.05) is 44.2 Å². The molecule has 5 rings (SSSR count). The molecule has 0 radical (unpaired) electrons. The van der Waals surface area contributed by atoms with E-state index in [4.69, 9.17) is 4.74 Å². The van der Waals surface area contributed by atoms with Gasteiger partial charge in [-0.05, 0) is 55.1 Å². The topological polar surface area (TPSA) is 85.2 Å². The smallest absolute Gasteiger partial charge is 0.249 e. The van der Waals surface area contributed by atoms with E-state index in [1.54, 1.807) is 6.07 Å². The van der Waals surface area contributed by atoms with Crippen LogP contribution in [-0.4, -0.2) is 54.2 Å². The van der Waals surface area contributed by atoms with Gasteiger partial charge >= 0.3 is 0 Å². The summed E-state index contributed by atoms with van der Waals surface area (Å²) in [6.45, 7) is 5.65. The molecule has 172 valence electrons. The first kappa shape index (κ1) is 21.9. The molecule has 1 aliphatic heterocycles. The molecule has 7 heteroatoms. The Hall–Kier alpha value is -3.89. The van der Waals surface area contributed by atoms with Crippen molar-refractivity contribution in [3.05, 3.63) is 76.6 Å². The number of nitriles is 1. The summed E-state index contributed by atoms with van der Waals surface area (Å²) in [6.07, 6.45) is 2.01. The number of fused-ring (bicyclic) bond motifs is 2. The minimum Gasteiger partial charge on any atom is -0.478 e. The molecule has 3 heterocycles. The van der Waals surface area contributed by atoms with E-state index in [9.17, 15) is 10.1 Å². The van der Waals surface area contributed by atoms with Crippen molar-refractivity contribution in [3.8, 4) is 11.9 Å². The maximum absolute atomic E-state index is 11.5. The maximum Gasteiger partial charge on any atom is 0.249 e. The molecule has 0 spiro atoms. The van der Waals surface area contributed by atoms with Gasteiger partial charge in [0.05, 0.1) is 18.2 Å². The second-order valence-electron chi connectivity index (χ2n) is 8.62. The number of hydrogen-bond acceptors (Lipinski definition) is 6. The van der Waals surface area contributed by atoms with Crippen molar-refractivity contribution in [2.24, 2.45) is 0 Å². The average Bonchev–Trinajstić information content (AvgIpc) is 2.88. The summed E-state index contributed by atoms with van der Waals surface area (Å²) in [5.74, 6) is 0.539. The number of hydrogen-bond donors (Lipinski definition) is 1. The first-order chi connectivity index (χ1) is 16.7. The molecule has 4 aromatic rings. The standard InChI is InChI=1S/C27H27N5O2/c28-19-20-6-7-21-4-3-5-24(23(21)18-20)32-15-13-31(14-16-32)12-1-2-17-34-26-11-9-22-8-10-25(33)29-27(22)30-26/h3-11,18H,1-2,12-17H2,(H,29,30,33). The monoisotopic (exact) mass is 453 g/mol. The number of aromatic amines is 1. The van der Waals surface area contributed by atoms with E-state index in [2.05, 4.69) is 44.0 Å². The van der Waals surface area contributed by atoms with E-state index in [0.29, 0.717) is 23.7 Å². The van der Waals surface area contributed by atoms with E-state index in [1.165, 1.54) is 17.1 Å². The van der Waals surface area contributed by atoms with Crippen LogP contribution in [0.2, 0.25) is 0 Å². The molecular formula is C27H27N5O2. The Kier molecular flexibility index (Phi) is 6.41. The number of nitrogens with zero attached hydrogens (tertiary/aromatic N) is 4. The van der Waals surface area contributed by atoms with Gasteiger partial charge in [0, 0.05) is 54.8 Å². The zero-order valence-electron chi connectivity index (χ0n) is 19.0. The van der Waals surface area contributed by atoms with E-state index in [-0.39, 0.29) is 5.56 Å². The van der Waals surface area contributed by atoms with Crippen molar-refractivity contribution >= 4 is 27.5 Å². The lowest BCUT2D eigenvalue weighted by Crippen LogP contribution is -2.46. The summed E-state index contributed by atoms with van der Waals surface area (Å²) in [7, 11) is 0. The molecule has 1 saturated heterocycles. The lowest BCUT2D eigenvalue weighted by atomic mass is 10.0. The zero-order valence-corrected chi connectivity index (χ0v) is 19.0. The minimum atomic E-state index is -0.162. The number of anilines is 1. The molecule has 2 aromatic heterocycles. The van der Waals surface area contributed by atoms with Crippen LogP contribution in [0.1, 0.15) is 18.4 Å². The van der Waals surface area contributed by atoms with Gasteiger partial charge in [-0.15, -0.1) is 0 Å². The van der Waals surface area contributed by atoms with E-state index >= 15 is 0 Å². The third-order valence-electron chi connectivity index (χ3n) is 6.38. The van der Waals surface area contributed by atoms with Gasteiger partial charge < -0.3 is 14.6 Å². The van der Waals surface area contributed by atoms with E-state index < -0.39 is 0 Å². The Morgan fingerprint density at radius 2 is 1.79 bits per heavy atom. The molecule has 1 N–H and O–H groups in total.